The molecule has 0 aliphatic carbocycles. The van der Waals surface area contributed by atoms with Crippen molar-refractivity contribution in [2.75, 3.05) is 6.26 Å². The summed E-state index contributed by atoms with van der Waals surface area (Å²) in [5, 5.41) is 21.0. The van der Waals surface area contributed by atoms with E-state index in [1.165, 1.54) is 0 Å². The van der Waals surface area contributed by atoms with Crippen molar-refractivity contribution in [3.05, 3.63) is 71.4 Å². The minimum Gasteiger partial charge on any atom is -0.357 e. The van der Waals surface area contributed by atoms with Gasteiger partial charge in [-0.15, -0.1) is 11.8 Å². The van der Waals surface area contributed by atoms with E-state index < -0.39 is 28.8 Å². The number of rotatable bonds is 3. The number of carbonyl (C=O) groups is 1. The summed E-state index contributed by atoms with van der Waals surface area (Å²) in [5.74, 6) is -0.529. The van der Waals surface area contributed by atoms with Crippen LogP contribution in [0.3, 0.4) is 0 Å². The van der Waals surface area contributed by atoms with Crippen LogP contribution in [0, 0.1) is 33.5 Å². The minimum absolute atomic E-state index is 0.0350. The number of hydrogen-bond acceptors (Lipinski definition) is 5. The highest BCUT2D eigenvalue weighted by atomic mass is 32.2. The summed E-state index contributed by atoms with van der Waals surface area (Å²) >= 11 is 1.64. The molecule has 0 bridgehead atoms. The van der Waals surface area contributed by atoms with E-state index in [2.05, 4.69) is 12.1 Å². The molecule has 2 aliphatic rings. The molecule has 31 heavy (non-hydrogen) atoms. The van der Waals surface area contributed by atoms with E-state index in [0.29, 0.717) is 0 Å². The second-order valence-corrected chi connectivity index (χ2v) is 10.1. The summed E-state index contributed by atoms with van der Waals surface area (Å²) in [6.45, 7) is 5.70. The monoisotopic (exact) mass is 427 g/mol. The Balaban J connectivity index is 2.00. The fourth-order valence-corrected chi connectivity index (χ4v) is 5.33. The van der Waals surface area contributed by atoms with Gasteiger partial charge in [-0.25, -0.2) is 0 Å². The standard InChI is InChI=1S/C26H25N3OS/c1-25(2,3)24(30)22-21(18-9-11-19(31-4)12-10-18)26(15-27,16-28)23-20-8-6-5-7-17(20)13-14-29(22)23/h5-14,21-23H,1-4H3/t21-,22+,23-/m0/s1. The molecule has 3 atom stereocenters. The van der Waals surface area contributed by atoms with Crippen molar-refractivity contribution in [2.24, 2.45) is 10.8 Å². The van der Waals surface area contributed by atoms with Gasteiger partial charge in [0.25, 0.3) is 0 Å². The Morgan fingerprint density at radius 2 is 1.71 bits per heavy atom. The second kappa shape index (κ2) is 7.59. The summed E-state index contributed by atoms with van der Waals surface area (Å²) in [6, 6.07) is 19.4. The average Bonchev–Trinajstić information content (AvgIpc) is 3.08. The molecule has 0 N–H and O–H groups in total. The summed E-state index contributed by atoms with van der Waals surface area (Å²) in [4.78, 5) is 16.8. The number of nitriles is 2. The predicted molar refractivity (Wildman–Crippen MR) is 123 cm³/mol. The fourth-order valence-electron chi connectivity index (χ4n) is 4.92. The van der Waals surface area contributed by atoms with Crippen LogP contribution in [0.4, 0.5) is 0 Å². The maximum Gasteiger partial charge on any atom is 0.177 e. The second-order valence-electron chi connectivity index (χ2n) is 9.20. The molecule has 1 fully saturated rings. The molecule has 0 spiro atoms. The smallest absolute Gasteiger partial charge is 0.177 e. The molecule has 156 valence electrons. The molecular formula is C26H25N3OS. The van der Waals surface area contributed by atoms with Gasteiger partial charge in [-0.3, -0.25) is 4.79 Å². The van der Waals surface area contributed by atoms with E-state index in [9.17, 15) is 15.3 Å². The van der Waals surface area contributed by atoms with Gasteiger partial charge in [0.15, 0.2) is 11.2 Å². The lowest BCUT2D eigenvalue weighted by Gasteiger charge is -2.36. The Hall–Kier alpha value is -3.02. The highest BCUT2D eigenvalue weighted by molar-refractivity contribution is 7.98. The summed E-state index contributed by atoms with van der Waals surface area (Å²) in [7, 11) is 0. The lowest BCUT2D eigenvalue weighted by molar-refractivity contribution is -0.130. The van der Waals surface area contributed by atoms with E-state index in [1.54, 1.807) is 11.8 Å². The number of fused-ring (bicyclic) bond motifs is 3. The number of thioether (sulfide) groups is 1. The average molecular weight is 428 g/mol. The van der Waals surface area contributed by atoms with Gasteiger partial charge in [0, 0.05) is 22.4 Å². The zero-order chi connectivity index (χ0) is 22.4. The van der Waals surface area contributed by atoms with E-state index >= 15 is 0 Å². The molecule has 0 radical (unpaired) electrons. The van der Waals surface area contributed by atoms with Gasteiger partial charge in [0.05, 0.1) is 24.2 Å². The van der Waals surface area contributed by atoms with Crippen molar-refractivity contribution in [1.29, 1.82) is 10.5 Å². The quantitative estimate of drug-likeness (QED) is 0.601. The Morgan fingerprint density at radius 1 is 1.06 bits per heavy atom. The van der Waals surface area contributed by atoms with Crippen LogP contribution in [0.2, 0.25) is 0 Å². The van der Waals surface area contributed by atoms with E-state index in [0.717, 1.165) is 21.6 Å². The molecule has 0 aromatic heterocycles. The first-order chi connectivity index (χ1) is 14.8. The summed E-state index contributed by atoms with van der Waals surface area (Å²) < 4.78 is 0. The van der Waals surface area contributed by atoms with Crippen LogP contribution in [0.1, 0.15) is 49.4 Å². The highest BCUT2D eigenvalue weighted by Gasteiger charge is 2.64. The van der Waals surface area contributed by atoms with Crippen LogP contribution in [-0.4, -0.2) is 23.0 Å². The molecule has 2 heterocycles. The van der Waals surface area contributed by atoms with Crippen molar-refractivity contribution in [3.63, 3.8) is 0 Å². The number of carbonyl (C=O) groups excluding carboxylic acids is 1. The van der Waals surface area contributed by atoms with E-state index in [1.807, 2.05) is 92.7 Å². The molecule has 4 rings (SSSR count). The molecule has 0 saturated carbocycles. The van der Waals surface area contributed by atoms with Crippen LogP contribution in [0.5, 0.6) is 0 Å². The lowest BCUT2D eigenvalue weighted by Crippen LogP contribution is -2.43. The van der Waals surface area contributed by atoms with Crippen LogP contribution < -0.4 is 0 Å². The Kier molecular flexibility index (Phi) is 5.20. The number of nitrogens with zero attached hydrogens (tertiary/aromatic N) is 3. The van der Waals surface area contributed by atoms with Gasteiger partial charge in [-0.1, -0.05) is 57.2 Å². The first-order valence-electron chi connectivity index (χ1n) is 10.3. The van der Waals surface area contributed by atoms with Crippen molar-refractivity contribution in [1.82, 2.24) is 4.90 Å². The first kappa shape index (κ1) is 21.2. The van der Waals surface area contributed by atoms with Gasteiger partial charge >= 0.3 is 0 Å². The number of Topliss-reactive ketones (excluding diaryl/α,β-unsaturated/α-hetero) is 1. The molecule has 2 aliphatic heterocycles. The topological polar surface area (TPSA) is 67.9 Å². The number of benzene rings is 2. The molecule has 1 saturated heterocycles. The predicted octanol–water partition coefficient (Wildman–Crippen LogP) is 5.55. The Bertz CT molecular complexity index is 1120. The van der Waals surface area contributed by atoms with Crippen LogP contribution in [-0.2, 0) is 4.79 Å². The van der Waals surface area contributed by atoms with Crippen LogP contribution in [0.15, 0.2) is 59.6 Å². The van der Waals surface area contributed by atoms with Crippen molar-refractivity contribution >= 4 is 23.6 Å². The minimum atomic E-state index is -1.40. The molecule has 2 aromatic rings. The third kappa shape index (κ3) is 3.16. The Morgan fingerprint density at radius 3 is 2.29 bits per heavy atom. The summed E-state index contributed by atoms with van der Waals surface area (Å²) in [5.41, 5.74) is 0.747. The SMILES string of the molecule is CSc1ccc([C@H]2[C@H](C(=O)C(C)(C)C)N3C=Cc4ccccc4[C@H]3C2(C#N)C#N)cc1. The Labute approximate surface area is 188 Å². The first-order valence-corrected chi connectivity index (χ1v) is 11.6. The third-order valence-electron chi connectivity index (χ3n) is 6.43. The zero-order valence-corrected chi connectivity index (χ0v) is 19.0. The molecule has 2 aromatic carbocycles. The highest BCUT2D eigenvalue weighted by Crippen LogP contribution is 2.60. The van der Waals surface area contributed by atoms with Crippen molar-refractivity contribution in [2.45, 2.75) is 43.7 Å². The van der Waals surface area contributed by atoms with E-state index in [4.69, 9.17) is 0 Å². The van der Waals surface area contributed by atoms with Gasteiger partial charge in [-0.05, 0) is 41.2 Å². The molecule has 5 heteroatoms. The van der Waals surface area contributed by atoms with Crippen molar-refractivity contribution < 1.29 is 4.79 Å². The van der Waals surface area contributed by atoms with Gasteiger partial charge < -0.3 is 4.90 Å². The largest absolute Gasteiger partial charge is 0.357 e. The van der Waals surface area contributed by atoms with Gasteiger partial charge in [-0.2, -0.15) is 10.5 Å². The van der Waals surface area contributed by atoms with Gasteiger partial charge in [0.2, 0.25) is 0 Å². The fraction of sp³-hybridized carbons (Fsp3) is 0.346. The van der Waals surface area contributed by atoms with Gasteiger partial charge in [0.1, 0.15) is 0 Å². The molecule has 0 amide bonds. The maximum absolute atomic E-state index is 13.8. The number of ketones is 1. The van der Waals surface area contributed by atoms with Crippen LogP contribution in [0.25, 0.3) is 6.08 Å². The lowest BCUT2D eigenvalue weighted by atomic mass is 9.66. The zero-order valence-electron chi connectivity index (χ0n) is 18.2. The van der Waals surface area contributed by atoms with Crippen LogP contribution >= 0.6 is 11.8 Å². The summed E-state index contributed by atoms with van der Waals surface area (Å²) in [6.07, 6.45) is 5.89. The third-order valence-corrected chi connectivity index (χ3v) is 7.17. The molecular weight excluding hydrogens is 402 g/mol. The maximum atomic E-state index is 13.8. The number of hydrogen-bond donors (Lipinski definition) is 0. The van der Waals surface area contributed by atoms with Crippen molar-refractivity contribution in [3.8, 4) is 12.1 Å². The normalized spacial score (nSPS) is 23.4. The van der Waals surface area contributed by atoms with E-state index in [-0.39, 0.29) is 5.78 Å². The molecule has 4 nitrogen and oxygen atoms in total. The molecule has 0 unspecified atom stereocenters.